The smallest absolute Gasteiger partial charge is 0.325 e. The number of para-hydroxylation sites is 1. The van der Waals surface area contributed by atoms with Crippen LogP contribution in [-0.2, 0) is 9.53 Å². The maximum atomic E-state index is 12.4. The van der Waals surface area contributed by atoms with Gasteiger partial charge in [-0.1, -0.05) is 24.3 Å². The van der Waals surface area contributed by atoms with Crippen molar-refractivity contribution in [3.05, 3.63) is 42.1 Å². The molecule has 2 aromatic rings. The highest BCUT2D eigenvalue weighted by Crippen LogP contribution is 2.13. The summed E-state index contributed by atoms with van der Waals surface area (Å²) in [6.07, 6.45) is 0. The second kappa shape index (κ2) is 6.83. The molecule has 0 N–H and O–H groups in total. The fourth-order valence-electron chi connectivity index (χ4n) is 2.04. The van der Waals surface area contributed by atoms with Crippen LogP contribution in [0, 0.1) is 0 Å². The molecule has 1 aromatic heterocycles. The number of nitrogens with zero attached hydrogens (tertiary/aromatic N) is 2. The largest absolute Gasteiger partial charge is 0.465 e. The van der Waals surface area contributed by atoms with E-state index in [1.165, 1.54) is 4.90 Å². The lowest BCUT2D eigenvalue weighted by atomic mass is 10.2. The number of hydrogen-bond donors (Lipinski definition) is 0. The number of amides is 1. The van der Waals surface area contributed by atoms with Gasteiger partial charge in [-0.3, -0.25) is 9.59 Å². The van der Waals surface area contributed by atoms with E-state index in [-0.39, 0.29) is 12.5 Å². The first-order valence-electron chi connectivity index (χ1n) is 6.96. The summed E-state index contributed by atoms with van der Waals surface area (Å²) in [5.41, 5.74) is 1.09. The Morgan fingerprint density at radius 1 is 1.14 bits per heavy atom. The standard InChI is InChI=1S/C16H18N2O3/c1-3-18(11-15(19)21-4-2)16(20)14-10-9-12-7-5-6-8-13(12)17-14/h5-10H,3-4,11H2,1-2H3. The molecule has 0 aliphatic rings. The van der Waals surface area contributed by atoms with Crippen molar-refractivity contribution in [2.24, 2.45) is 0 Å². The van der Waals surface area contributed by atoms with Gasteiger partial charge in [0, 0.05) is 11.9 Å². The Morgan fingerprint density at radius 2 is 1.90 bits per heavy atom. The van der Waals surface area contributed by atoms with Gasteiger partial charge in [-0.05, 0) is 26.0 Å². The fourth-order valence-corrected chi connectivity index (χ4v) is 2.04. The van der Waals surface area contributed by atoms with E-state index in [1.54, 1.807) is 13.0 Å². The van der Waals surface area contributed by atoms with Crippen LogP contribution in [0.2, 0.25) is 0 Å². The highest BCUT2D eigenvalue weighted by atomic mass is 16.5. The number of esters is 1. The van der Waals surface area contributed by atoms with Crippen LogP contribution >= 0.6 is 0 Å². The van der Waals surface area contributed by atoms with Crippen LogP contribution in [0.4, 0.5) is 0 Å². The van der Waals surface area contributed by atoms with Crippen LogP contribution < -0.4 is 0 Å². The molecule has 110 valence electrons. The zero-order valence-electron chi connectivity index (χ0n) is 12.2. The quantitative estimate of drug-likeness (QED) is 0.791. The molecule has 0 bridgehead atoms. The molecular formula is C16H18N2O3. The molecule has 0 radical (unpaired) electrons. The maximum absolute atomic E-state index is 12.4. The third-order valence-corrected chi connectivity index (χ3v) is 3.11. The van der Waals surface area contributed by atoms with Crippen molar-refractivity contribution >= 4 is 22.8 Å². The van der Waals surface area contributed by atoms with E-state index >= 15 is 0 Å². The van der Waals surface area contributed by atoms with Crippen LogP contribution in [-0.4, -0.2) is 41.5 Å². The first-order valence-corrected chi connectivity index (χ1v) is 6.96. The minimum atomic E-state index is -0.409. The van der Waals surface area contributed by atoms with Gasteiger partial charge in [0.2, 0.25) is 0 Å². The van der Waals surface area contributed by atoms with Crippen LogP contribution in [0.25, 0.3) is 10.9 Å². The summed E-state index contributed by atoms with van der Waals surface area (Å²) < 4.78 is 4.88. The van der Waals surface area contributed by atoms with E-state index in [0.29, 0.717) is 18.8 Å². The second-order valence-corrected chi connectivity index (χ2v) is 4.51. The predicted octanol–water partition coefficient (Wildman–Crippen LogP) is 2.26. The molecular weight excluding hydrogens is 268 g/mol. The highest BCUT2D eigenvalue weighted by molar-refractivity contribution is 5.96. The van der Waals surface area contributed by atoms with Crippen molar-refractivity contribution in [1.82, 2.24) is 9.88 Å². The number of pyridine rings is 1. The summed E-state index contributed by atoms with van der Waals surface area (Å²) >= 11 is 0. The van der Waals surface area contributed by atoms with Crippen LogP contribution in [0.3, 0.4) is 0 Å². The molecule has 0 spiro atoms. The predicted molar refractivity (Wildman–Crippen MR) is 80.0 cm³/mol. The Morgan fingerprint density at radius 3 is 2.62 bits per heavy atom. The number of fused-ring (bicyclic) bond motifs is 1. The Labute approximate surface area is 123 Å². The van der Waals surface area contributed by atoms with Gasteiger partial charge < -0.3 is 9.64 Å². The van der Waals surface area contributed by atoms with Gasteiger partial charge in [-0.15, -0.1) is 0 Å². The summed E-state index contributed by atoms with van der Waals surface area (Å²) in [5, 5.41) is 0.975. The Hall–Kier alpha value is -2.43. The van der Waals surface area contributed by atoms with Gasteiger partial charge in [-0.2, -0.15) is 0 Å². The molecule has 0 atom stereocenters. The third-order valence-electron chi connectivity index (χ3n) is 3.11. The second-order valence-electron chi connectivity index (χ2n) is 4.51. The van der Waals surface area contributed by atoms with Crippen molar-refractivity contribution in [2.45, 2.75) is 13.8 Å². The number of likely N-dealkylation sites (N-methyl/N-ethyl adjacent to an activating group) is 1. The third kappa shape index (κ3) is 3.56. The van der Waals surface area contributed by atoms with E-state index in [1.807, 2.05) is 37.3 Å². The lowest BCUT2D eigenvalue weighted by Gasteiger charge is -2.19. The number of aromatic nitrogens is 1. The van der Waals surface area contributed by atoms with E-state index in [2.05, 4.69) is 4.98 Å². The maximum Gasteiger partial charge on any atom is 0.325 e. The zero-order valence-corrected chi connectivity index (χ0v) is 12.2. The van der Waals surface area contributed by atoms with Gasteiger partial charge in [0.25, 0.3) is 5.91 Å². The van der Waals surface area contributed by atoms with E-state index in [9.17, 15) is 9.59 Å². The van der Waals surface area contributed by atoms with Crippen LogP contribution in [0.5, 0.6) is 0 Å². The molecule has 2 rings (SSSR count). The average molecular weight is 286 g/mol. The number of benzene rings is 1. The van der Waals surface area contributed by atoms with E-state index in [0.717, 1.165) is 10.9 Å². The number of carbonyl (C=O) groups is 2. The number of hydrogen-bond acceptors (Lipinski definition) is 4. The summed E-state index contributed by atoms with van der Waals surface area (Å²) in [5.74, 6) is -0.676. The molecule has 0 saturated heterocycles. The Balaban J connectivity index is 2.20. The minimum absolute atomic E-state index is 0.0579. The summed E-state index contributed by atoms with van der Waals surface area (Å²) in [6, 6.07) is 11.1. The highest BCUT2D eigenvalue weighted by Gasteiger charge is 2.19. The number of rotatable bonds is 5. The topological polar surface area (TPSA) is 59.5 Å². The summed E-state index contributed by atoms with van der Waals surface area (Å²) in [6.45, 7) is 4.22. The lowest BCUT2D eigenvalue weighted by Crippen LogP contribution is -2.36. The lowest BCUT2D eigenvalue weighted by molar-refractivity contribution is -0.143. The van der Waals surface area contributed by atoms with Crippen LogP contribution in [0.1, 0.15) is 24.3 Å². The monoisotopic (exact) mass is 286 g/mol. The number of carbonyl (C=O) groups excluding carboxylic acids is 2. The van der Waals surface area contributed by atoms with Gasteiger partial charge >= 0.3 is 5.97 Å². The molecule has 0 aliphatic heterocycles. The first kappa shape index (κ1) is 15.0. The molecule has 5 heteroatoms. The molecule has 21 heavy (non-hydrogen) atoms. The minimum Gasteiger partial charge on any atom is -0.465 e. The van der Waals surface area contributed by atoms with Crippen molar-refractivity contribution in [1.29, 1.82) is 0 Å². The fraction of sp³-hybridized carbons (Fsp3) is 0.312. The Kier molecular flexibility index (Phi) is 4.87. The molecule has 1 heterocycles. The van der Waals surface area contributed by atoms with Gasteiger partial charge in [0.15, 0.2) is 0 Å². The van der Waals surface area contributed by atoms with Crippen molar-refractivity contribution in [3.63, 3.8) is 0 Å². The Bertz CT molecular complexity index is 655. The van der Waals surface area contributed by atoms with Crippen molar-refractivity contribution in [3.8, 4) is 0 Å². The molecule has 0 fully saturated rings. The van der Waals surface area contributed by atoms with Crippen LogP contribution in [0.15, 0.2) is 36.4 Å². The first-order chi connectivity index (χ1) is 10.2. The zero-order chi connectivity index (χ0) is 15.2. The summed E-state index contributed by atoms with van der Waals surface area (Å²) in [7, 11) is 0. The molecule has 0 unspecified atom stereocenters. The average Bonchev–Trinajstić information content (AvgIpc) is 2.51. The molecule has 5 nitrogen and oxygen atoms in total. The van der Waals surface area contributed by atoms with E-state index < -0.39 is 5.97 Å². The van der Waals surface area contributed by atoms with Crippen molar-refractivity contribution in [2.75, 3.05) is 19.7 Å². The number of ether oxygens (including phenoxy) is 1. The SMILES string of the molecule is CCOC(=O)CN(CC)C(=O)c1ccc2ccccc2n1. The van der Waals surface area contributed by atoms with Gasteiger partial charge in [0.1, 0.15) is 12.2 Å². The summed E-state index contributed by atoms with van der Waals surface area (Å²) in [4.78, 5) is 29.7. The normalized spacial score (nSPS) is 10.4. The molecule has 0 saturated carbocycles. The van der Waals surface area contributed by atoms with Gasteiger partial charge in [0.05, 0.1) is 12.1 Å². The molecule has 0 aliphatic carbocycles. The van der Waals surface area contributed by atoms with Gasteiger partial charge in [-0.25, -0.2) is 4.98 Å². The molecule has 1 amide bonds. The van der Waals surface area contributed by atoms with E-state index in [4.69, 9.17) is 4.74 Å². The van der Waals surface area contributed by atoms with Crippen molar-refractivity contribution < 1.29 is 14.3 Å². The molecule has 1 aromatic carbocycles.